The predicted molar refractivity (Wildman–Crippen MR) is 117 cm³/mol. The molecule has 4 aromatic rings. The van der Waals surface area contributed by atoms with Crippen molar-refractivity contribution < 1.29 is 23.5 Å². The number of halogens is 1. The average Bonchev–Trinajstić information content (AvgIpc) is 3.44. The van der Waals surface area contributed by atoms with Crippen LogP contribution >= 0.6 is 11.3 Å². The third-order valence-electron chi connectivity index (χ3n) is 4.97. The molecule has 2 aromatic carbocycles. The van der Waals surface area contributed by atoms with Crippen molar-refractivity contribution in [3.05, 3.63) is 65.0 Å². The first-order chi connectivity index (χ1) is 15.0. The summed E-state index contributed by atoms with van der Waals surface area (Å²) in [6.45, 7) is 0. The molecule has 0 fully saturated rings. The molecule has 0 spiro atoms. The number of ketones is 2. The Balaban J connectivity index is 1.46. The normalized spacial score (nSPS) is 10.9. The summed E-state index contributed by atoms with van der Waals surface area (Å²) in [7, 11) is 3.02. The van der Waals surface area contributed by atoms with E-state index in [0.717, 1.165) is 10.9 Å². The maximum absolute atomic E-state index is 13.9. The van der Waals surface area contributed by atoms with Crippen LogP contribution in [0.2, 0.25) is 0 Å². The summed E-state index contributed by atoms with van der Waals surface area (Å²) in [5.41, 5.74) is 1.49. The smallest absolute Gasteiger partial charge is 0.181 e. The Morgan fingerprint density at radius 1 is 1.06 bits per heavy atom. The quantitative estimate of drug-likeness (QED) is 0.378. The van der Waals surface area contributed by atoms with Gasteiger partial charge in [0.25, 0.3) is 0 Å². The van der Waals surface area contributed by atoms with E-state index in [-0.39, 0.29) is 30.2 Å². The molecular weight excluding hydrogens is 419 g/mol. The second-order valence-corrected chi connectivity index (χ2v) is 7.71. The summed E-state index contributed by atoms with van der Waals surface area (Å²) in [6, 6.07) is 9.76. The summed E-state index contributed by atoms with van der Waals surface area (Å²) in [5, 5.41) is 2.54. The SMILES string of the molecule is COc1ccc(C(=O)CCC(=O)c2cnc(-c3csc4c(F)cccc34)[nH]2)cc1OC. The van der Waals surface area contributed by atoms with Gasteiger partial charge in [0.2, 0.25) is 0 Å². The number of H-pyrrole nitrogens is 1. The number of thiophene rings is 1. The molecule has 0 saturated carbocycles. The van der Waals surface area contributed by atoms with Gasteiger partial charge in [-0.1, -0.05) is 12.1 Å². The first kappa shape index (κ1) is 20.7. The standard InChI is InChI=1S/C23H19FN2O4S/c1-29-20-9-6-13(10-21(20)30-2)18(27)7-8-19(28)17-11-25-23(26-17)15-12-31-22-14(15)4-3-5-16(22)24/h3-6,9-12H,7-8H2,1-2H3,(H,25,26). The Hall–Kier alpha value is -3.52. The highest BCUT2D eigenvalue weighted by Gasteiger charge is 2.17. The topological polar surface area (TPSA) is 81.3 Å². The van der Waals surface area contributed by atoms with E-state index in [2.05, 4.69) is 9.97 Å². The van der Waals surface area contributed by atoms with E-state index in [9.17, 15) is 14.0 Å². The third-order valence-corrected chi connectivity index (χ3v) is 5.97. The van der Waals surface area contributed by atoms with Gasteiger partial charge in [0.05, 0.1) is 25.1 Å². The Kier molecular flexibility index (Phi) is 5.81. The number of ether oxygens (including phenoxy) is 2. The van der Waals surface area contributed by atoms with Crippen LogP contribution in [0.5, 0.6) is 11.5 Å². The number of hydrogen-bond acceptors (Lipinski definition) is 6. The number of aromatic nitrogens is 2. The molecule has 2 heterocycles. The number of fused-ring (bicyclic) bond motifs is 1. The molecule has 0 atom stereocenters. The fourth-order valence-corrected chi connectivity index (χ4v) is 4.28. The molecule has 0 aliphatic carbocycles. The number of imidazole rings is 1. The molecule has 158 valence electrons. The first-order valence-electron chi connectivity index (χ1n) is 9.51. The number of hydrogen-bond donors (Lipinski definition) is 1. The highest BCUT2D eigenvalue weighted by atomic mass is 32.1. The summed E-state index contributed by atoms with van der Waals surface area (Å²) in [6.07, 6.45) is 1.53. The molecule has 31 heavy (non-hydrogen) atoms. The lowest BCUT2D eigenvalue weighted by molar-refractivity contribution is 0.0915. The molecule has 0 aliphatic heterocycles. The molecule has 0 unspecified atom stereocenters. The predicted octanol–water partition coefficient (Wildman–Crippen LogP) is 5.29. The van der Waals surface area contributed by atoms with Crippen LogP contribution in [0.25, 0.3) is 21.5 Å². The fourth-order valence-electron chi connectivity index (χ4n) is 3.32. The van der Waals surface area contributed by atoms with Crippen LogP contribution in [0.15, 0.2) is 48.0 Å². The lowest BCUT2D eigenvalue weighted by Gasteiger charge is -2.08. The lowest BCUT2D eigenvalue weighted by atomic mass is 10.0. The van der Waals surface area contributed by atoms with Gasteiger partial charge in [-0.2, -0.15) is 0 Å². The van der Waals surface area contributed by atoms with Crippen molar-refractivity contribution in [1.29, 1.82) is 0 Å². The van der Waals surface area contributed by atoms with Gasteiger partial charge in [-0.15, -0.1) is 11.3 Å². The molecule has 0 aliphatic rings. The van der Waals surface area contributed by atoms with Crippen molar-refractivity contribution >= 4 is 33.0 Å². The van der Waals surface area contributed by atoms with E-state index in [0.29, 0.717) is 33.3 Å². The Morgan fingerprint density at radius 2 is 1.84 bits per heavy atom. The minimum Gasteiger partial charge on any atom is -0.493 e. The molecule has 0 radical (unpaired) electrons. The monoisotopic (exact) mass is 438 g/mol. The van der Waals surface area contributed by atoms with Gasteiger partial charge in [-0.3, -0.25) is 9.59 Å². The number of Topliss-reactive ketones (excluding diaryl/α,β-unsaturated/α-hetero) is 2. The van der Waals surface area contributed by atoms with Crippen molar-refractivity contribution in [3.8, 4) is 22.9 Å². The Labute approximate surface area is 181 Å². The first-order valence-corrected chi connectivity index (χ1v) is 10.4. The van der Waals surface area contributed by atoms with Crippen molar-refractivity contribution in [2.24, 2.45) is 0 Å². The van der Waals surface area contributed by atoms with Gasteiger partial charge in [0.1, 0.15) is 17.3 Å². The zero-order valence-electron chi connectivity index (χ0n) is 16.9. The number of carbonyl (C=O) groups is 2. The van der Waals surface area contributed by atoms with Gasteiger partial charge in [0.15, 0.2) is 23.1 Å². The van der Waals surface area contributed by atoms with Crippen LogP contribution in [-0.2, 0) is 0 Å². The van der Waals surface area contributed by atoms with Crippen molar-refractivity contribution in [1.82, 2.24) is 9.97 Å². The van der Waals surface area contributed by atoms with Gasteiger partial charge in [-0.05, 0) is 24.3 Å². The maximum atomic E-state index is 13.9. The van der Waals surface area contributed by atoms with Crippen molar-refractivity contribution in [2.45, 2.75) is 12.8 Å². The van der Waals surface area contributed by atoms with Crippen LogP contribution < -0.4 is 9.47 Å². The van der Waals surface area contributed by atoms with Gasteiger partial charge in [0, 0.05) is 34.7 Å². The van der Waals surface area contributed by atoms with Gasteiger partial charge < -0.3 is 14.5 Å². The van der Waals surface area contributed by atoms with Crippen LogP contribution in [0.1, 0.15) is 33.7 Å². The van der Waals surface area contributed by atoms with Gasteiger partial charge in [-0.25, -0.2) is 9.37 Å². The fraction of sp³-hybridized carbons (Fsp3) is 0.174. The molecule has 8 heteroatoms. The molecule has 0 bridgehead atoms. The minimum atomic E-state index is -0.287. The summed E-state index contributed by atoms with van der Waals surface area (Å²) >= 11 is 1.29. The minimum absolute atomic E-state index is 0.0355. The van der Waals surface area contributed by atoms with Crippen LogP contribution in [0, 0.1) is 5.82 Å². The second-order valence-electron chi connectivity index (χ2n) is 6.83. The zero-order chi connectivity index (χ0) is 22.0. The van der Waals surface area contributed by atoms with E-state index in [1.54, 1.807) is 29.6 Å². The Morgan fingerprint density at radius 3 is 2.61 bits per heavy atom. The lowest BCUT2D eigenvalue weighted by Crippen LogP contribution is -2.06. The number of rotatable bonds is 8. The highest BCUT2D eigenvalue weighted by Crippen LogP contribution is 2.34. The highest BCUT2D eigenvalue weighted by molar-refractivity contribution is 7.17. The largest absolute Gasteiger partial charge is 0.493 e. The maximum Gasteiger partial charge on any atom is 0.181 e. The summed E-state index contributed by atoms with van der Waals surface area (Å²) in [5.74, 6) is 0.793. The number of carbonyl (C=O) groups excluding carboxylic acids is 2. The summed E-state index contributed by atoms with van der Waals surface area (Å²) < 4.78 is 24.9. The van der Waals surface area contributed by atoms with E-state index in [1.807, 2.05) is 6.07 Å². The van der Waals surface area contributed by atoms with E-state index in [4.69, 9.17) is 9.47 Å². The molecule has 4 rings (SSSR count). The zero-order valence-corrected chi connectivity index (χ0v) is 17.7. The van der Waals surface area contributed by atoms with E-state index < -0.39 is 0 Å². The third kappa shape index (κ3) is 4.06. The number of nitrogens with one attached hydrogen (secondary N) is 1. The summed E-state index contributed by atoms with van der Waals surface area (Å²) in [4.78, 5) is 32.4. The van der Waals surface area contributed by atoms with Crippen LogP contribution in [-0.4, -0.2) is 35.8 Å². The van der Waals surface area contributed by atoms with E-state index >= 15 is 0 Å². The molecular formula is C23H19FN2O4S. The average molecular weight is 438 g/mol. The molecule has 0 amide bonds. The molecule has 2 aromatic heterocycles. The van der Waals surface area contributed by atoms with Crippen LogP contribution in [0.3, 0.4) is 0 Å². The van der Waals surface area contributed by atoms with E-state index in [1.165, 1.54) is 37.8 Å². The second kappa shape index (κ2) is 8.69. The van der Waals surface area contributed by atoms with Crippen molar-refractivity contribution in [2.75, 3.05) is 14.2 Å². The molecule has 0 saturated heterocycles. The van der Waals surface area contributed by atoms with Crippen molar-refractivity contribution in [3.63, 3.8) is 0 Å². The number of benzene rings is 2. The molecule has 1 N–H and O–H groups in total. The molecule has 6 nitrogen and oxygen atoms in total. The Bertz CT molecular complexity index is 1280. The number of methoxy groups -OCH3 is 2. The number of nitrogens with zero attached hydrogens (tertiary/aromatic N) is 1. The van der Waals surface area contributed by atoms with Gasteiger partial charge >= 0.3 is 0 Å². The number of aromatic amines is 1. The van der Waals surface area contributed by atoms with Crippen LogP contribution in [0.4, 0.5) is 4.39 Å².